The van der Waals surface area contributed by atoms with E-state index in [9.17, 15) is 4.79 Å². The van der Waals surface area contributed by atoms with Crippen LogP contribution >= 0.6 is 0 Å². The number of carbonyl (C=O) groups is 1. The van der Waals surface area contributed by atoms with Crippen LogP contribution < -0.4 is 0 Å². The van der Waals surface area contributed by atoms with E-state index in [4.69, 9.17) is 0 Å². The van der Waals surface area contributed by atoms with Gasteiger partial charge in [0, 0.05) is 0 Å². The van der Waals surface area contributed by atoms with Crippen molar-refractivity contribution in [2.45, 2.75) is 51.4 Å². The fourth-order valence-corrected chi connectivity index (χ4v) is 4.99. The first kappa shape index (κ1) is 23.7. The lowest BCUT2D eigenvalue weighted by molar-refractivity contribution is -0.110. The summed E-state index contributed by atoms with van der Waals surface area (Å²) in [5, 5.41) is 5.18. The van der Waals surface area contributed by atoms with Crippen molar-refractivity contribution in [3.8, 4) is 0 Å². The Kier molecular flexibility index (Phi) is 8.09. The summed E-state index contributed by atoms with van der Waals surface area (Å²) < 4.78 is 0. The summed E-state index contributed by atoms with van der Waals surface area (Å²) in [7, 11) is 0. The summed E-state index contributed by atoms with van der Waals surface area (Å²) in [6.07, 6.45) is 11.4. The second-order valence-electron chi connectivity index (χ2n) is 9.03. The van der Waals surface area contributed by atoms with Crippen LogP contribution in [0.3, 0.4) is 0 Å². The van der Waals surface area contributed by atoms with Gasteiger partial charge in [0.15, 0.2) is 5.78 Å². The monoisotopic (exact) mass is 446 g/mol. The molecule has 0 aliphatic heterocycles. The molecule has 0 aromatic heterocycles. The lowest BCUT2D eigenvalue weighted by atomic mass is 9.88. The van der Waals surface area contributed by atoms with Crippen molar-refractivity contribution in [3.05, 3.63) is 120 Å². The topological polar surface area (TPSA) is 17.1 Å². The Morgan fingerprint density at radius 2 is 1.03 bits per heavy atom. The van der Waals surface area contributed by atoms with Crippen LogP contribution in [0.25, 0.3) is 21.5 Å². The molecule has 0 heterocycles. The van der Waals surface area contributed by atoms with Gasteiger partial charge in [-0.2, -0.15) is 0 Å². The van der Waals surface area contributed by atoms with E-state index in [0.717, 1.165) is 25.7 Å². The zero-order chi connectivity index (χ0) is 23.8. The van der Waals surface area contributed by atoms with Gasteiger partial charge in [-0.1, -0.05) is 111 Å². The second-order valence-corrected chi connectivity index (χ2v) is 9.03. The zero-order valence-corrected chi connectivity index (χ0v) is 20.3. The van der Waals surface area contributed by atoms with E-state index in [0.29, 0.717) is 11.8 Å². The third-order valence-electron chi connectivity index (χ3n) is 6.92. The van der Waals surface area contributed by atoms with Crippen LogP contribution in [0.4, 0.5) is 0 Å². The van der Waals surface area contributed by atoms with Crippen molar-refractivity contribution in [1.29, 1.82) is 0 Å². The van der Waals surface area contributed by atoms with Crippen LogP contribution in [0.2, 0.25) is 0 Å². The molecule has 2 atom stereocenters. The highest BCUT2D eigenvalue weighted by atomic mass is 16.1. The number of fused-ring (bicyclic) bond motifs is 2. The molecule has 1 nitrogen and oxygen atoms in total. The van der Waals surface area contributed by atoms with Crippen molar-refractivity contribution in [2.24, 2.45) is 0 Å². The van der Waals surface area contributed by atoms with Crippen LogP contribution in [-0.2, 0) is 4.79 Å². The molecule has 0 bridgehead atoms. The minimum absolute atomic E-state index is 0.0699. The summed E-state index contributed by atoms with van der Waals surface area (Å²) in [6, 6.07) is 30.2. The maximum atomic E-state index is 12.5. The fraction of sp³-hybridized carbons (Fsp3) is 0.242. The van der Waals surface area contributed by atoms with Crippen molar-refractivity contribution in [3.63, 3.8) is 0 Å². The van der Waals surface area contributed by atoms with Gasteiger partial charge in [-0.25, -0.2) is 0 Å². The van der Waals surface area contributed by atoms with Crippen molar-refractivity contribution < 1.29 is 4.79 Å². The summed E-state index contributed by atoms with van der Waals surface area (Å²) in [5.74, 6) is 0.894. The third-order valence-corrected chi connectivity index (χ3v) is 6.92. The van der Waals surface area contributed by atoms with Gasteiger partial charge >= 0.3 is 0 Å². The summed E-state index contributed by atoms with van der Waals surface area (Å²) in [4.78, 5) is 12.5. The smallest absolute Gasteiger partial charge is 0.178 e. The average molecular weight is 447 g/mol. The van der Waals surface area contributed by atoms with Crippen LogP contribution in [0.15, 0.2) is 109 Å². The summed E-state index contributed by atoms with van der Waals surface area (Å²) in [6.45, 7) is 4.44. The van der Waals surface area contributed by atoms with Gasteiger partial charge in [-0.3, -0.25) is 4.79 Å². The quantitative estimate of drug-likeness (QED) is 0.222. The van der Waals surface area contributed by atoms with Gasteiger partial charge < -0.3 is 0 Å². The highest BCUT2D eigenvalue weighted by Gasteiger charge is 2.12. The van der Waals surface area contributed by atoms with E-state index < -0.39 is 0 Å². The van der Waals surface area contributed by atoms with Crippen LogP contribution in [-0.4, -0.2) is 5.78 Å². The van der Waals surface area contributed by atoms with E-state index >= 15 is 0 Å². The van der Waals surface area contributed by atoms with E-state index in [-0.39, 0.29) is 5.78 Å². The predicted octanol–water partition coefficient (Wildman–Crippen LogP) is 9.14. The number of ketones is 1. The molecule has 0 radical (unpaired) electrons. The molecule has 0 spiro atoms. The predicted molar refractivity (Wildman–Crippen MR) is 146 cm³/mol. The van der Waals surface area contributed by atoms with Gasteiger partial charge in [0.25, 0.3) is 0 Å². The largest absolute Gasteiger partial charge is 0.290 e. The lowest BCUT2D eigenvalue weighted by Gasteiger charge is -2.16. The maximum Gasteiger partial charge on any atom is 0.178 e. The van der Waals surface area contributed by atoms with Crippen LogP contribution in [0.1, 0.15) is 62.5 Å². The molecule has 0 saturated heterocycles. The number of hydrogen-bond donors (Lipinski definition) is 0. The van der Waals surface area contributed by atoms with Gasteiger partial charge in [0.1, 0.15) is 0 Å². The van der Waals surface area contributed by atoms with Crippen LogP contribution in [0, 0.1) is 0 Å². The number of hydrogen-bond acceptors (Lipinski definition) is 1. The number of allylic oxidation sites excluding steroid dienone is 4. The maximum absolute atomic E-state index is 12.5. The molecular formula is C33H34O. The third kappa shape index (κ3) is 5.54. The molecule has 4 aromatic carbocycles. The Hall–Kier alpha value is -3.45. The van der Waals surface area contributed by atoms with Gasteiger partial charge in [-0.05, 0) is 82.3 Å². The molecule has 0 saturated carbocycles. The molecule has 0 aliphatic rings. The number of rotatable bonds is 10. The van der Waals surface area contributed by atoms with E-state index in [1.54, 1.807) is 12.2 Å². The Balaban J connectivity index is 1.38. The van der Waals surface area contributed by atoms with E-state index in [1.807, 2.05) is 12.2 Å². The SMILES string of the molecule is CCC(CC=CC(=O)C=CCC(CC)c1cccc2ccccc12)c1cccc2ccccc12. The molecule has 34 heavy (non-hydrogen) atoms. The van der Waals surface area contributed by atoms with Gasteiger partial charge in [0.05, 0.1) is 0 Å². The van der Waals surface area contributed by atoms with Crippen molar-refractivity contribution in [1.82, 2.24) is 0 Å². The Morgan fingerprint density at radius 1 is 0.618 bits per heavy atom. The first-order valence-corrected chi connectivity index (χ1v) is 12.5. The zero-order valence-electron chi connectivity index (χ0n) is 20.3. The average Bonchev–Trinajstić information content (AvgIpc) is 2.89. The molecule has 0 aliphatic carbocycles. The molecule has 0 N–H and O–H groups in total. The van der Waals surface area contributed by atoms with Gasteiger partial charge in [0.2, 0.25) is 0 Å². The molecule has 2 unspecified atom stereocenters. The minimum atomic E-state index is 0.0699. The van der Waals surface area contributed by atoms with Crippen molar-refractivity contribution in [2.75, 3.05) is 0 Å². The van der Waals surface area contributed by atoms with Crippen molar-refractivity contribution >= 4 is 27.3 Å². The fourth-order valence-electron chi connectivity index (χ4n) is 4.99. The Bertz CT molecular complexity index is 1200. The molecule has 4 aromatic rings. The first-order valence-electron chi connectivity index (χ1n) is 12.5. The first-order chi connectivity index (χ1) is 16.7. The Labute approximate surface area is 203 Å². The normalized spacial score (nSPS) is 13.7. The highest BCUT2D eigenvalue weighted by molar-refractivity contribution is 5.99. The standard InChI is InChI=1S/C33H34O/c1-3-25(30-23-11-17-27-13-5-7-21-32(27)30)15-9-19-29(34)20-10-16-26(4-2)31-24-12-18-28-14-6-8-22-33(28)31/h5-14,17-26H,3-4,15-16H2,1-2H3. The molecule has 0 fully saturated rings. The Morgan fingerprint density at radius 3 is 1.47 bits per heavy atom. The number of carbonyl (C=O) groups excluding carboxylic acids is 1. The molecule has 1 heteroatoms. The van der Waals surface area contributed by atoms with Crippen LogP contribution in [0.5, 0.6) is 0 Å². The molecule has 0 amide bonds. The van der Waals surface area contributed by atoms with Gasteiger partial charge in [-0.15, -0.1) is 0 Å². The number of benzene rings is 4. The second kappa shape index (κ2) is 11.6. The van der Waals surface area contributed by atoms with E-state index in [2.05, 4.69) is 98.8 Å². The molecule has 4 rings (SSSR count). The van der Waals surface area contributed by atoms with E-state index in [1.165, 1.54) is 32.7 Å². The molecular weight excluding hydrogens is 412 g/mol. The lowest BCUT2D eigenvalue weighted by Crippen LogP contribution is -1.98. The summed E-state index contributed by atoms with van der Waals surface area (Å²) >= 11 is 0. The highest BCUT2D eigenvalue weighted by Crippen LogP contribution is 2.31. The molecule has 172 valence electrons. The summed E-state index contributed by atoms with van der Waals surface area (Å²) in [5.41, 5.74) is 2.74. The minimum Gasteiger partial charge on any atom is -0.290 e.